The van der Waals surface area contributed by atoms with Gasteiger partial charge in [-0.2, -0.15) is 0 Å². The first-order chi connectivity index (χ1) is 12.2. The van der Waals surface area contributed by atoms with Crippen LogP contribution in [0.25, 0.3) is 0 Å². The van der Waals surface area contributed by atoms with Crippen LogP contribution in [-0.4, -0.2) is 31.7 Å². The summed E-state index contributed by atoms with van der Waals surface area (Å²) in [6.07, 6.45) is 0.420. The van der Waals surface area contributed by atoms with Gasteiger partial charge in [-0.25, -0.2) is 0 Å². The number of nitrogens with one attached hydrogen (secondary N) is 1. The van der Waals surface area contributed by atoms with Gasteiger partial charge in [0.15, 0.2) is 11.5 Å². The fourth-order valence-electron chi connectivity index (χ4n) is 3.15. The van der Waals surface area contributed by atoms with E-state index in [1.54, 1.807) is 17.0 Å². The van der Waals surface area contributed by atoms with E-state index >= 15 is 0 Å². The van der Waals surface area contributed by atoms with Gasteiger partial charge in [0.25, 0.3) is 5.91 Å². The van der Waals surface area contributed by atoms with Gasteiger partial charge in [0.1, 0.15) is 0 Å². The maximum atomic E-state index is 12.3. The van der Waals surface area contributed by atoms with Gasteiger partial charge in [0.2, 0.25) is 12.7 Å². The second-order valence-corrected chi connectivity index (χ2v) is 6.19. The molecule has 128 valence electrons. The first kappa shape index (κ1) is 15.5. The molecule has 2 aliphatic rings. The minimum absolute atomic E-state index is 0.0535. The number of hydrogen-bond donors (Lipinski definition) is 1. The number of carbonyl (C=O) groups excluding carboxylic acids is 2. The Morgan fingerprint density at radius 2 is 1.92 bits per heavy atom. The Labute approximate surface area is 145 Å². The van der Waals surface area contributed by atoms with Crippen molar-refractivity contribution in [3.8, 4) is 11.5 Å². The Morgan fingerprint density at radius 1 is 1.12 bits per heavy atom. The lowest BCUT2D eigenvalue weighted by atomic mass is 10.1. The number of ether oxygens (including phenoxy) is 2. The molecule has 2 aromatic carbocycles. The first-order valence-corrected chi connectivity index (χ1v) is 8.24. The van der Waals surface area contributed by atoms with Crippen molar-refractivity contribution in [1.29, 1.82) is 0 Å². The van der Waals surface area contributed by atoms with Crippen molar-refractivity contribution in [1.82, 2.24) is 5.32 Å². The van der Waals surface area contributed by atoms with Crippen LogP contribution in [0.2, 0.25) is 0 Å². The molecule has 4 rings (SSSR count). The lowest BCUT2D eigenvalue weighted by Crippen LogP contribution is -2.31. The number of rotatable bonds is 4. The molecule has 2 heterocycles. The third-order valence-corrected chi connectivity index (χ3v) is 4.46. The summed E-state index contributed by atoms with van der Waals surface area (Å²) in [7, 11) is 0. The molecule has 0 radical (unpaired) electrons. The van der Waals surface area contributed by atoms with Crippen molar-refractivity contribution in [3.63, 3.8) is 0 Å². The molecule has 1 N–H and O–H groups in total. The van der Waals surface area contributed by atoms with E-state index < -0.39 is 0 Å². The number of amides is 2. The molecule has 6 nitrogen and oxygen atoms in total. The molecule has 0 aromatic heterocycles. The van der Waals surface area contributed by atoms with Crippen molar-refractivity contribution in [2.45, 2.75) is 6.42 Å². The zero-order valence-corrected chi connectivity index (χ0v) is 13.6. The highest BCUT2D eigenvalue weighted by Crippen LogP contribution is 2.37. The summed E-state index contributed by atoms with van der Waals surface area (Å²) in [5, 5.41) is 2.91. The van der Waals surface area contributed by atoms with Crippen LogP contribution < -0.4 is 19.7 Å². The van der Waals surface area contributed by atoms with Crippen LogP contribution in [0.15, 0.2) is 48.5 Å². The van der Waals surface area contributed by atoms with E-state index in [-0.39, 0.29) is 24.5 Å². The van der Waals surface area contributed by atoms with Crippen LogP contribution in [0, 0.1) is 5.92 Å². The topological polar surface area (TPSA) is 67.9 Å². The number of benzene rings is 2. The Kier molecular flexibility index (Phi) is 4.01. The fraction of sp³-hybridized carbons (Fsp3) is 0.263. The van der Waals surface area contributed by atoms with E-state index in [1.165, 1.54) is 0 Å². The summed E-state index contributed by atoms with van der Waals surface area (Å²) in [5.41, 5.74) is 1.42. The average molecular weight is 338 g/mol. The molecule has 1 fully saturated rings. The minimum Gasteiger partial charge on any atom is -0.454 e. The first-order valence-electron chi connectivity index (χ1n) is 8.24. The van der Waals surface area contributed by atoms with Crippen LogP contribution in [0.1, 0.15) is 16.8 Å². The van der Waals surface area contributed by atoms with E-state index in [1.807, 2.05) is 36.4 Å². The SMILES string of the molecule is O=C(NCC1CC(=O)N(c2ccc3c(c2)OCO3)C1)c1ccccc1. The number of nitrogens with zero attached hydrogens (tertiary/aromatic N) is 1. The lowest BCUT2D eigenvalue weighted by molar-refractivity contribution is -0.117. The molecule has 0 bridgehead atoms. The molecule has 6 heteroatoms. The van der Waals surface area contributed by atoms with E-state index in [4.69, 9.17) is 9.47 Å². The third kappa shape index (κ3) is 3.15. The molecular formula is C19H18N2O4. The van der Waals surface area contributed by atoms with Gasteiger partial charge in [-0.3, -0.25) is 9.59 Å². The fourth-order valence-corrected chi connectivity index (χ4v) is 3.15. The van der Waals surface area contributed by atoms with Crippen molar-refractivity contribution in [2.75, 3.05) is 24.8 Å². The number of carbonyl (C=O) groups is 2. The molecule has 2 aromatic rings. The Morgan fingerprint density at radius 3 is 2.76 bits per heavy atom. The Hall–Kier alpha value is -3.02. The normalized spacial score (nSPS) is 18.5. The van der Waals surface area contributed by atoms with Crippen molar-refractivity contribution in [3.05, 3.63) is 54.1 Å². The molecule has 1 atom stereocenters. The molecule has 2 amide bonds. The molecular weight excluding hydrogens is 320 g/mol. The van der Waals surface area contributed by atoms with Crippen LogP contribution in [0.3, 0.4) is 0 Å². The smallest absolute Gasteiger partial charge is 0.251 e. The predicted octanol–water partition coefficient (Wildman–Crippen LogP) is 2.20. The molecule has 1 saturated heterocycles. The highest BCUT2D eigenvalue weighted by atomic mass is 16.7. The van der Waals surface area contributed by atoms with Crippen LogP contribution in [0.4, 0.5) is 5.69 Å². The molecule has 0 saturated carbocycles. The zero-order chi connectivity index (χ0) is 17.2. The van der Waals surface area contributed by atoms with Crippen molar-refractivity contribution >= 4 is 17.5 Å². The van der Waals surface area contributed by atoms with Gasteiger partial charge in [-0.1, -0.05) is 18.2 Å². The average Bonchev–Trinajstić information content (AvgIpc) is 3.26. The molecule has 1 unspecified atom stereocenters. The third-order valence-electron chi connectivity index (χ3n) is 4.46. The largest absolute Gasteiger partial charge is 0.454 e. The van der Waals surface area contributed by atoms with Gasteiger partial charge >= 0.3 is 0 Å². The summed E-state index contributed by atoms with van der Waals surface area (Å²) in [4.78, 5) is 26.2. The summed E-state index contributed by atoms with van der Waals surface area (Å²) < 4.78 is 10.7. The van der Waals surface area contributed by atoms with Crippen LogP contribution >= 0.6 is 0 Å². The second-order valence-electron chi connectivity index (χ2n) is 6.19. The quantitative estimate of drug-likeness (QED) is 0.928. The summed E-state index contributed by atoms with van der Waals surface area (Å²) in [6.45, 7) is 1.26. The van der Waals surface area contributed by atoms with E-state index in [9.17, 15) is 9.59 Å². The maximum Gasteiger partial charge on any atom is 0.251 e. The zero-order valence-electron chi connectivity index (χ0n) is 13.6. The van der Waals surface area contributed by atoms with E-state index in [0.717, 1.165) is 5.69 Å². The summed E-state index contributed by atoms with van der Waals surface area (Å²) >= 11 is 0. The van der Waals surface area contributed by atoms with Crippen LogP contribution in [0.5, 0.6) is 11.5 Å². The molecule has 2 aliphatic heterocycles. The van der Waals surface area contributed by atoms with Crippen molar-refractivity contribution in [2.24, 2.45) is 5.92 Å². The van der Waals surface area contributed by atoms with Crippen molar-refractivity contribution < 1.29 is 19.1 Å². The minimum atomic E-state index is -0.116. The summed E-state index contributed by atoms with van der Waals surface area (Å²) in [5.74, 6) is 1.38. The Balaban J connectivity index is 1.38. The highest BCUT2D eigenvalue weighted by Gasteiger charge is 2.31. The Bertz CT molecular complexity index is 806. The maximum absolute atomic E-state index is 12.3. The number of fused-ring (bicyclic) bond motifs is 1. The van der Waals surface area contributed by atoms with Gasteiger partial charge in [-0.05, 0) is 24.3 Å². The van der Waals surface area contributed by atoms with Crippen LogP contribution in [-0.2, 0) is 4.79 Å². The predicted molar refractivity (Wildman–Crippen MR) is 91.8 cm³/mol. The number of hydrogen-bond acceptors (Lipinski definition) is 4. The standard InChI is InChI=1S/C19H18N2O4/c22-18-8-13(10-20-19(23)14-4-2-1-3-5-14)11-21(18)15-6-7-16-17(9-15)25-12-24-16/h1-7,9,13H,8,10-12H2,(H,20,23). The summed E-state index contributed by atoms with van der Waals surface area (Å²) in [6, 6.07) is 14.6. The number of anilines is 1. The van der Waals surface area contributed by atoms with Gasteiger partial charge in [0.05, 0.1) is 0 Å². The molecule has 25 heavy (non-hydrogen) atoms. The van der Waals surface area contributed by atoms with Gasteiger partial charge < -0.3 is 19.7 Å². The van der Waals surface area contributed by atoms with Gasteiger partial charge in [-0.15, -0.1) is 0 Å². The van der Waals surface area contributed by atoms with Gasteiger partial charge in [0, 0.05) is 42.7 Å². The lowest BCUT2D eigenvalue weighted by Gasteiger charge is -2.17. The van der Waals surface area contributed by atoms with E-state index in [0.29, 0.717) is 36.6 Å². The molecule has 0 aliphatic carbocycles. The van der Waals surface area contributed by atoms with E-state index in [2.05, 4.69) is 5.32 Å². The second kappa shape index (κ2) is 6.47. The molecule has 0 spiro atoms. The highest BCUT2D eigenvalue weighted by molar-refractivity contribution is 5.96. The monoisotopic (exact) mass is 338 g/mol.